The zero-order valence-corrected chi connectivity index (χ0v) is 17.4. The molecule has 156 valence electrons. The summed E-state index contributed by atoms with van der Waals surface area (Å²) in [5.41, 5.74) is 1.18. The lowest BCUT2D eigenvalue weighted by atomic mass is 9.93. The number of aliphatic hydroxyl groups is 1. The van der Waals surface area contributed by atoms with Gasteiger partial charge in [0.25, 0.3) is 0 Å². The first-order valence-electron chi connectivity index (χ1n) is 9.44. The number of ether oxygens (including phenoxy) is 1. The van der Waals surface area contributed by atoms with E-state index in [0.717, 1.165) is 0 Å². The third kappa shape index (κ3) is 4.51. The van der Waals surface area contributed by atoms with Gasteiger partial charge in [0.05, 0.1) is 19.0 Å². The van der Waals surface area contributed by atoms with E-state index in [9.17, 15) is 10.2 Å². The summed E-state index contributed by atoms with van der Waals surface area (Å²) in [4.78, 5) is 13.5. The van der Waals surface area contributed by atoms with Gasteiger partial charge in [-0.2, -0.15) is 9.97 Å². The molecule has 1 aromatic carbocycles. The molecule has 0 amide bonds. The Morgan fingerprint density at radius 1 is 1.24 bits per heavy atom. The number of hydrogen-bond donors (Lipinski definition) is 4. The number of benzene rings is 1. The Bertz CT molecular complexity index is 996. The molecule has 0 saturated carbocycles. The summed E-state index contributed by atoms with van der Waals surface area (Å²) in [7, 11) is 3.38. The van der Waals surface area contributed by atoms with Crippen LogP contribution in [0.15, 0.2) is 24.5 Å². The third-order valence-corrected chi connectivity index (χ3v) is 5.08. The molecule has 9 nitrogen and oxygen atoms in total. The average molecular weight is 400 g/mol. The normalized spacial score (nSPS) is 12.8. The molecule has 0 radical (unpaired) electrons. The maximum absolute atomic E-state index is 10.3. The van der Waals surface area contributed by atoms with E-state index in [1.165, 1.54) is 7.11 Å². The summed E-state index contributed by atoms with van der Waals surface area (Å²) in [5, 5.41) is 26.9. The number of para-hydroxylation sites is 1. The maximum atomic E-state index is 10.3. The van der Waals surface area contributed by atoms with Crippen molar-refractivity contribution in [3.63, 3.8) is 0 Å². The van der Waals surface area contributed by atoms with E-state index in [0.29, 0.717) is 47.3 Å². The number of phenolic OH excluding ortho intramolecular Hbond substituents is 1. The van der Waals surface area contributed by atoms with Crippen molar-refractivity contribution in [1.82, 2.24) is 19.5 Å². The van der Waals surface area contributed by atoms with Crippen LogP contribution in [0.1, 0.15) is 26.3 Å². The summed E-state index contributed by atoms with van der Waals surface area (Å²) < 4.78 is 6.98. The molecule has 0 aliphatic rings. The van der Waals surface area contributed by atoms with Gasteiger partial charge in [0.1, 0.15) is 0 Å². The van der Waals surface area contributed by atoms with Crippen LogP contribution in [-0.4, -0.2) is 49.0 Å². The highest BCUT2D eigenvalue weighted by atomic mass is 16.5. The standard InChI is InChI=1S/C20H28N6O3/c1-12(20(2,3)28)9-22-19-24-17(15-18(25-19)26(4)11-23-15)21-10-13-7-6-8-14(29-5)16(13)27/h6-8,11-12,27-28H,9-10H2,1-5H3,(H2,21,22,24,25). The van der Waals surface area contributed by atoms with Gasteiger partial charge >= 0.3 is 0 Å². The van der Waals surface area contributed by atoms with Crippen LogP contribution in [0.5, 0.6) is 11.5 Å². The number of rotatable bonds is 8. The number of anilines is 2. The molecule has 0 fully saturated rings. The first kappa shape index (κ1) is 20.7. The van der Waals surface area contributed by atoms with Crippen molar-refractivity contribution in [2.24, 2.45) is 13.0 Å². The lowest BCUT2D eigenvalue weighted by Crippen LogP contribution is -2.33. The smallest absolute Gasteiger partial charge is 0.226 e. The average Bonchev–Trinajstić information content (AvgIpc) is 3.05. The van der Waals surface area contributed by atoms with Crippen molar-refractivity contribution in [1.29, 1.82) is 0 Å². The fourth-order valence-corrected chi connectivity index (χ4v) is 2.76. The zero-order chi connectivity index (χ0) is 21.2. The minimum absolute atomic E-state index is 0.00141. The quantitative estimate of drug-likeness (QED) is 0.456. The van der Waals surface area contributed by atoms with Gasteiger partial charge < -0.3 is 30.2 Å². The monoisotopic (exact) mass is 400 g/mol. The van der Waals surface area contributed by atoms with E-state index in [1.54, 1.807) is 26.2 Å². The Labute approximate surface area is 169 Å². The summed E-state index contributed by atoms with van der Waals surface area (Å²) >= 11 is 0. The van der Waals surface area contributed by atoms with E-state index in [4.69, 9.17) is 4.74 Å². The number of aromatic nitrogens is 4. The van der Waals surface area contributed by atoms with Crippen LogP contribution >= 0.6 is 0 Å². The van der Waals surface area contributed by atoms with Gasteiger partial charge in [-0.25, -0.2) is 4.98 Å². The Kier molecular flexibility index (Phi) is 5.78. The molecule has 0 spiro atoms. The second kappa shape index (κ2) is 8.12. The highest BCUT2D eigenvalue weighted by molar-refractivity contribution is 5.84. The number of phenols is 1. The Morgan fingerprint density at radius 2 is 2.00 bits per heavy atom. The Hall–Kier alpha value is -3.07. The van der Waals surface area contributed by atoms with Crippen LogP contribution in [0.3, 0.4) is 0 Å². The second-order valence-corrected chi connectivity index (χ2v) is 7.68. The highest BCUT2D eigenvalue weighted by Crippen LogP contribution is 2.30. The van der Waals surface area contributed by atoms with E-state index < -0.39 is 5.60 Å². The van der Waals surface area contributed by atoms with Crippen LogP contribution in [0.4, 0.5) is 11.8 Å². The van der Waals surface area contributed by atoms with Crippen molar-refractivity contribution in [3.05, 3.63) is 30.1 Å². The number of imidazole rings is 1. The van der Waals surface area contributed by atoms with Crippen molar-refractivity contribution >= 4 is 22.9 Å². The van der Waals surface area contributed by atoms with Gasteiger partial charge in [0.2, 0.25) is 5.95 Å². The van der Waals surface area contributed by atoms with Gasteiger partial charge in [-0.05, 0) is 19.9 Å². The molecule has 3 rings (SSSR count). The molecule has 0 aliphatic heterocycles. The molecule has 2 aromatic heterocycles. The molecular formula is C20H28N6O3. The fraction of sp³-hybridized carbons (Fsp3) is 0.450. The minimum Gasteiger partial charge on any atom is -0.504 e. The lowest BCUT2D eigenvalue weighted by molar-refractivity contribution is 0.0303. The Morgan fingerprint density at radius 3 is 2.69 bits per heavy atom. The van der Waals surface area contributed by atoms with Crippen LogP contribution in [0.25, 0.3) is 11.2 Å². The SMILES string of the molecule is COc1cccc(CNc2nc(NCC(C)C(C)(C)O)nc3c2ncn3C)c1O. The van der Waals surface area contributed by atoms with Gasteiger partial charge in [0, 0.05) is 31.6 Å². The number of aryl methyl sites for hydroxylation is 1. The summed E-state index contributed by atoms with van der Waals surface area (Å²) in [6.07, 6.45) is 1.68. The molecule has 0 saturated heterocycles. The van der Waals surface area contributed by atoms with Crippen LogP contribution in [-0.2, 0) is 13.6 Å². The largest absolute Gasteiger partial charge is 0.504 e. The topological polar surface area (TPSA) is 117 Å². The molecule has 1 atom stereocenters. The van der Waals surface area contributed by atoms with Gasteiger partial charge in [-0.15, -0.1) is 0 Å². The maximum Gasteiger partial charge on any atom is 0.226 e. The molecule has 2 heterocycles. The molecule has 29 heavy (non-hydrogen) atoms. The highest BCUT2D eigenvalue weighted by Gasteiger charge is 2.22. The van der Waals surface area contributed by atoms with Crippen LogP contribution in [0, 0.1) is 5.92 Å². The molecule has 0 bridgehead atoms. The van der Waals surface area contributed by atoms with Crippen molar-refractivity contribution < 1.29 is 14.9 Å². The number of hydrogen-bond acceptors (Lipinski definition) is 8. The van der Waals surface area contributed by atoms with Gasteiger partial charge in [0.15, 0.2) is 28.5 Å². The van der Waals surface area contributed by atoms with Gasteiger partial charge in [-0.1, -0.05) is 19.1 Å². The molecule has 3 aromatic rings. The number of aromatic hydroxyl groups is 1. The van der Waals surface area contributed by atoms with E-state index in [2.05, 4.69) is 25.6 Å². The second-order valence-electron chi connectivity index (χ2n) is 7.68. The first-order chi connectivity index (χ1) is 13.7. The van der Waals surface area contributed by atoms with Crippen molar-refractivity contribution in [3.8, 4) is 11.5 Å². The van der Waals surface area contributed by atoms with E-state index >= 15 is 0 Å². The molecular weight excluding hydrogens is 372 g/mol. The molecule has 9 heteroatoms. The molecule has 1 unspecified atom stereocenters. The number of nitrogens with zero attached hydrogens (tertiary/aromatic N) is 4. The number of nitrogens with one attached hydrogen (secondary N) is 2. The summed E-state index contributed by atoms with van der Waals surface area (Å²) in [5.74, 6) is 1.49. The fourth-order valence-electron chi connectivity index (χ4n) is 2.76. The van der Waals surface area contributed by atoms with Gasteiger partial charge in [-0.3, -0.25) is 0 Å². The van der Waals surface area contributed by atoms with Crippen molar-refractivity contribution in [2.45, 2.75) is 32.9 Å². The summed E-state index contributed by atoms with van der Waals surface area (Å²) in [6, 6.07) is 5.33. The van der Waals surface area contributed by atoms with E-state index in [1.807, 2.05) is 30.7 Å². The number of fused-ring (bicyclic) bond motifs is 1. The third-order valence-electron chi connectivity index (χ3n) is 5.08. The predicted molar refractivity (Wildman–Crippen MR) is 112 cm³/mol. The number of methoxy groups -OCH3 is 1. The summed E-state index contributed by atoms with van der Waals surface area (Å²) in [6.45, 7) is 6.37. The lowest BCUT2D eigenvalue weighted by Gasteiger charge is -2.25. The van der Waals surface area contributed by atoms with Crippen molar-refractivity contribution in [2.75, 3.05) is 24.3 Å². The predicted octanol–water partition coefficient (Wildman–Crippen LogP) is 2.51. The molecule has 0 aliphatic carbocycles. The zero-order valence-electron chi connectivity index (χ0n) is 17.4. The molecule has 4 N–H and O–H groups in total. The Balaban J connectivity index is 1.85. The minimum atomic E-state index is -0.811. The van der Waals surface area contributed by atoms with E-state index in [-0.39, 0.29) is 11.7 Å². The van der Waals surface area contributed by atoms with Crippen LogP contribution < -0.4 is 15.4 Å². The van der Waals surface area contributed by atoms with Crippen LogP contribution in [0.2, 0.25) is 0 Å². The first-order valence-corrected chi connectivity index (χ1v) is 9.44.